The summed E-state index contributed by atoms with van der Waals surface area (Å²) < 4.78 is 12.2. The molecule has 1 fully saturated rings. The van der Waals surface area contributed by atoms with E-state index in [2.05, 4.69) is 46.4 Å². The molecule has 1 N–H and O–H groups in total. The van der Waals surface area contributed by atoms with Gasteiger partial charge in [-0.05, 0) is 44.0 Å². The molecular formula is C16H24BrNO2. The zero-order valence-corrected chi connectivity index (χ0v) is 13.9. The van der Waals surface area contributed by atoms with Crippen LogP contribution < -0.4 is 10.1 Å². The minimum atomic E-state index is 0.350. The third-order valence-electron chi connectivity index (χ3n) is 3.67. The van der Waals surface area contributed by atoms with E-state index in [1.807, 2.05) is 6.92 Å². The second-order valence-electron chi connectivity index (χ2n) is 5.17. The maximum Gasteiger partial charge on any atom is 0.120 e. The van der Waals surface area contributed by atoms with E-state index in [4.69, 9.17) is 9.47 Å². The molecule has 1 heterocycles. The highest BCUT2D eigenvalue weighted by atomic mass is 79.9. The standard InChI is InChI=1S/C16H24BrNO2/c1-3-8-18-16(12-7-9-19-11-12)14-6-5-13(20-4-2)10-15(14)17/h5-6,10,12,16,18H,3-4,7-9,11H2,1-2H3. The van der Waals surface area contributed by atoms with Crippen LogP contribution in [-0.4, -0.2) is 26.4 Å². The van der Waals surface area contributed by atoms with Crippen LogP contribution in [0.1, 0.15) is 38.3 Å². The number of rotatable bonds is 7. The molecule has 3 nitrogen and oxygen atoms in total. The molecular weight excluding hydrogens is 318 g/mol. The number of hydrogen-bond acceptors (Lipinski definition) is 3. The van der Waals surface area contributed by atoms with E-state index >= 15 is 0 Å². The molecule has 0 bridgehead atoms. The fourth-order valence-electron chi connectivity index (χ4n) is 2.66. The van der Waals surface area contributed by atoms with Crippen LogP contribution in [0.15, 0.2) is 22.7 Å². The molecule has 4 heteroatoms. The van der Waals surface area contributed by atoms with Gasteiger partial charge in [0.25, 0.3) is 0 Å². The predicted molar refractivity (Wildman–Crippen MR) is 85.3 cm³/mol. The van der Waals surface area contributed by atoms with Gasteiger partial charge in [0.2, 0.25) is 0 Å². The van der Waals surface area contributed by atoms with E-state index in [0.29, 0.717) is 18.6 Å². The Labute approximate surface area is 130 Å². The lowest BCUT2D eigenvalue weighted by atomic mass is 9.92. The first-order chi connectivity index (χ1) is 9.76. The first kappa shape index (κ1) is 15.8. The first-order valence-electron chi connectivity index (χ1n) is 7.49. The lowest BCUT2D eigenvalue weighted by Crippen LogP contribution is -2.29. The number of ether oxygens (including phenoxy) is 2. The summed E-state index contributed by atoms with van der Waals surface area (Å²) >= 11 is 3.70. The van der Waals surface area contributed by atoms with E-state index in [-0.39, 0.29) is 0 Å². The summed E-state index contributed by atoms with van der Waals surface area (Å²) in [6.07, 6.45) is 2.26. The van der Waals surface area contributed by atoms with Crippen molar-refractivity contribution < 1.29 is 9.47 Å². The Hall–Kier alpha value is -0.580. The third kappa shape index (κ3) is 3.96. The SMILES string of the molecule is CCCNC(c1ccc(OCC)cc1Br)C1CCOC1. The Morgan fingerprint density at radius 3 is 2.90 bits per heavy atom. The highest BCUT2D eigenvalue weighted by molar-refractivity contribution is 9.10. The van der Waals surface area contributed by atoms with Gasteiger partial charge in [0.15, 0.2) is 0 Å². The van der Waals surface area contributed by atoms with Crippen molar-refractivity contribution in [3.8, 4) is 5.75 Å². The van der Waals surface area contributed by atoms with Crippen LogP contribution in [0.3, 0.4) is 0 Å². The van der Waals surface area contributed by atoms with Gasteiger partial charge < -0.3 is 14.8 Å². The molecule has 2 rings (SSSR count). The maximum absolute atomic E-state index is 5.56. The van der Waals surface area contributed by atoms with E-state index in [1.165, 1.54) is 5.56 Å². The van der Waals surface area contributed by atoms with Crippen molar-refractivity contribution in [1.29, 1.82) is 0 Å². The Balaban J connectivity index is 2.18. The van der Waals surface area contributed by atoms with Gasteiger partial charge in [0.1, 0.15) is 5.75 Å². The van der Waals surface area contributed by atoms with Gasteiger partial charge in [-0.2, -0.15) is 0 Å². The molecule has 1 aliphatic heterocycles. The van der Waals surface area contributed by atoms with Crippen molar-refractivity contribution in [3.63, 3.8) is 0 Å². The molecule has 112 valence electrons. The second kappa shape index (κ2) is 8.01. The quantitative estimate of drug-likeness (QED) is 0.815. The summed E-state index contributed by atoms with van der Waals surface area (Å²) in [6.45, 7) is 7.65. The highest BCUT2D eigenvalue weighted by Crippen LogP contribution is 2.35. The van der Waals surface area contributed by atoms with Crippen LogP contribution in [0.4, 0.5) is 0 Å². The van der Waals surface area contributed by atoms with Gasteiger partial charge in [-0.1, -0.05) is 28.9 Å². The molecule has 0 radical (unpaired) electrons. The molecule has 0 aromatic heterocycles. The summed E-state index contributed by atoms with van der Waals surface area (Å²) in [6, 6.07) is 6.64. The van der Waals surface area contributed by atoms with Gasteiger partial charge >= 0.3 is 0 Å². The van der Waals surface area contributed by atoms with Crippen LogP contribution in [0.5, 0.6) is 5.75 Å². The topological polar surface area (TPSA) is 30.5 Å². The maximum atomic E-state index is 5.56. The van der Waals surface area contributed by atoms with Crippen molar-refractivity contribution in [2.24, 2.45) is 5.92 Å². The lowest BCUT2D eigenvalue weighted by Gasteiger charge is -2.25. The van der Waals surface area contributed by atoms with Crippen molar-refractivity contribution in [2.45, 2.75) is 32.7 Å². The molecule has 1 aromatic rings. The average molecular weight is 342 g/mol. The summed E-state index contributed by atoms with van der Waals surface area (Å²) in [4.78, 5) is 0. The van der Waals surface area contributed by atoms with Crippen LogP contribution in [0.2, 0.25) is 0 Å². The predicted octanol–water partition coefficient (Wildman–Crippen LogP) is 3.93. The van der Waals surface area contributed by atoms with Crippen molar-refractivity contribution in [3.05, 3.63) is 28.2 Å². The summed E-state index contributed by atoms with van der Waals surface area (Å²) in [5, 5.41) is 3.67. The fourth-order valence-corrected chi connectivity index (χ4v) is 3.27. The lowest BCUT2D eigenvalue weighted by molar-refractivity contribution is 0.176. The summed E-state index contributed by atoms with van der Waals surface area (Å²) in [5.74, 6) is 1.47. The molecule has 1 saturated heterocycles. The van der Waals surface area contributed by atoms with Gasteiger partial charge in [-0.3, -0.25) is 0 Å². The van der Waals surface area contributed by atoms with Crippen molar-refractivity contribution >= 4 is 15.9 Å². The molecule has 1 aromatic carbocycles. The fraction of sp³-hybridized carbons (Fsp3) is 0.625. The van der Waals surface area contributed by atoms with Crippen molar-refractivity contribution in [1.82, 2.24) is 5.32 Å². The smallest absolute Gasteiger partial charge is 0.120 e. The van der Waals surface area contributed by atoms with E-state index < -0.39 is 0 Å². The summed E-state index contributed by atoms with van der Waals surface area (Å²) in [7, 11) is 0. The number of hydrogen-bond donors (Lipinski definition) is 1. The van der Waals surface area contributed by atoms with Crippen molar-refractivity contribution in [2.75, 3.05) is 26.4 Å². The molecule has 2 unspecified atom stereocenters. The Morgan fingerprint density at radius 1 is 1.45 bits per heavy atom. The molecule has 0 amide bonds. The van der Waals surface area contributed by atoms with Gasteiger partial charge in [-0.25, -0.2) is 0 Å². The number of nitrogens with one attached hydrogen (secondary N) is 1. The highest BCUT2D eigenvalue weighted by Gasteiger charge is 2.28. The molecule has 1 aliphatic rings. The monoisotopic (exact) mass is 341 g/mol. The van der Waals surface area contributed by atoms with Gasteiger partial charge in [0.05, 0.1) is 13.2 Å². The second-order valence-corrected chi connectivity index (χ2v) is 6.03. The molecule has 2 atom stereocenters. The normalized spacial score (nSPS) is 20.1. The van der Waals surface area contributed by atoms with Crippen LogP contribution in [-0.2, 0) is 4.74 Å². The summed E-state index contributed by atoms with van der Waals surface area (Å²) in [5.41, 5.74) is 1.30. The molecule has 0 saturated carbocycles. The Bertz CT molecular complexity index is 419. The largest absolute Gasteiger partial charge is 0.494 e. The third-order valence-corrected chi connectivity index (χ3v) is 4.36. The van der Waals surface area contributed by atoms with Crippen LogP contribution in [0.25, 0.3) is 0 Å². The van der Waals surface area contributed by atoms with Gasteiger partial charge in [-0.15, -0.1) is 0 Å². The van der Waals surface area contributed by atoms with Crippen LogP contribution >= 0.6 is 15.9 Å². The minimum absolute atomic E-state index is 0.350. The zero-order valence-electron chi connectivity index (χ0n) is 12.3. The van der Waals surface area contributed by atoms with E-state index in [0.717, 1.165) is 42.8 Å². The van der Waals surface area contributed by atoms with E-state index in [1.54, 1.807) is 0 Å². The van der Waals surface area contributed by atoms with Gasteiger partial charge in [0, 0.05) is 23.0 Å². The van der Waals surface area contributed by atoms with Crippen LogP contribution in [0, 0.1) is 5.92 Å². The molecule has 0 aliphatic carbocycles. The zero-order chi connectivity index (χ0) is 14.4. The number of halogens is 1. The molecule has 0 spiro atoms. The first-order valence-corrected chi connectivity index (χ1v) is 8.29. The van der Waals surface area contributed by atoms with E-state index in [9.17, 15) is 0 Å². The average Bonchev–Trinajstić information content (AvgIpc) is 2.95. The molecule has 20 heavy (non-hydrogen) atoms. The Kier molecular flexibility index (Phi) is 6.33. The number of benzene rings is 1. The Morgan fingerprint density at radius 2 is 2.30 bits per heavy atom. The minimum Gasteiger partial charge on any atom is -0.494 e.